The molecule has 3 aromatic rings. The average Bonchev–Trinajstić information content (AvgIpc) is 2.59. The highest BCUT2D eigenvalue weighted by Gasteiger charge is 2.10. The summed E-state index contributed by atoms with van der Waals surface area (Å²) in [5.41, 5.74) is 10.9. The predicted molar refractivity (Wildman–Crippen MR) is 96.0 cm³/mol. The zero-order valence-electron chi connectivity index (χ0n) is 14.0. The fraction of sp³-hybridized carbons (Fsp3) is 0.105. The van der Waals surface area contributed by atoms with Crippen LogP contribution in [0.4, 0.5) is 0 Å². The summed E-state index contributed by atoms with van der Waals surface area (Å²) >= 11 is 0. The van der Waals surface area contributed by atoms with Gasteiger partial charge in [-0.2, -0.15) is 0 Å². The highest BCUT2D eigenvalue weighted by molar-refractivity contribution is 6.23. The van der Waals surface area contributed by atoms with Crippen LogP contribution in [0, 0.1) is 13.8 Å². The molecule has 6 nitrogen and oxygen atoms in total. The van der Waals surface area contributed by atoms with E-state index in [4.69, 9.17) is 5.73 Å². The van der Waals surface area contributed by atoms with E-state index in [1.165, 1.54) is 18.7 Å². The molecule has 0 aliphatic heterocycles. The van der Waals surface area contributed by atoms with Gasteiger partial charge in [0.2, 0.25) is 5.91 Å². The van der Waals surface area contributed by atoms with E-state index in [1.54, 1.807) is 18.5 Å². The molecule has 0 bridgehead atoms. The maximum Gasteiger partial charge on any atom is 0.249 e. The van der Waals surface area contributed by atoms with Crippen molar-refractivity contribution in [2.75, 3.05) is 0 Å². The molecule has 2 aromatic heterocycles. The summed E-state index contributed by atoms with van der Waals surface area (Å²) < 4.78 is 0. The van der Waals surface area contributed by atoms with Crippen molar-refractivity contribution in [2.45, 2.75) is 13.8 Å². The molecule has 0 atom stereocenters. The summed E-state index contributed by atoms with van der Waals surface area (Å²) in [5, 5.41) is 0. The van der Waals surface area contributed by atoms with Crippen LogP contribution in [0.25, 0.3) is 22.9 Å². The molecule has 124 valence electrons. The van der Waals surface area contributed by atoms with Gasteiger partial charge in [-0.15, -0.1) is 0 Å². The first-order valence-electron chi connectivity index (χ1n) is 7.70. The van der Waals surface area contributed by atoms with Crippen molar-refractivity contribution in [2.24, 2.45) is 5.73 Å². The Morgan fingerprint density at radius 2 is 1.64 bits per heavy atom. The number of hydrogen-bond donors (Lipinski definition) is 1. The number of nitrogens with two attached hydrogens (primary N) is 1. The number of carbonyl (C=O) groups is 1. The Labute approximate surface area is 145 Å². The summed E-state index contributed by atoms with van der Waals surface area (Å²) in [6.45, 7) is 4.07. The number of amides is 1. The van der Waals surface area contributed by atoms with Gasteiger partial charge in [0.15, 0.2) is 0 Å². The van der Waals surface area contributed by atoms with Gasteiger partial charge in [0.25, 0.3) is 0 Å². The molecular weight excluding hydrogens is 314 g/mol. The molecule has 0 spiro atoms. The van der Waals surface area contributed by atoms with Gasteiger partial charge in [0.05, 0.1) is 29.4 Å². The van der Waals surface area contributed by atoms with E-state index in [9.17, 15) is 4.79 Å². The second-order valence-electron chi connectivity index (χ2n) is 5.75. The minimum atomic E-state index is -0.576. The van der Waals surface area contributed by atoms with Crippen LogP contribution < -0.4 is 5.73 Å². The molecule has 0 unspecified atom stereocenters. The Morgan fingerprint density at radius 3 is 2.28 bits per heavy atom. The van der Waals surface area contributed by atoms with Crippen LogP contribution in [0.15, 0.2) is 49.3 Å². The fourth-order valence-electron chi connectivity index (χ4n) is 2.60. The van der Waals surface area contributed by atoms with Gasteiger partial charge in [-0.05, 0) is 32.1 Å². The molecule has 0 fully saturated rings. The van der Waals surface area contributed by atoms with E-state index in [2.05, 4.69) is 26.0 Å². The molecule has 25 heavy (non-hydrogen) atoms. The highest BCUT2D eigenvalue weighted by atomic mass is 16.1. The molecule has 0 saturated carbocycles. The molecule has 0 saturated heterocycles. The van der Waals surface area contributed by atoms with E-state index < -0.39 is 5.91 Å². The number of aromatic nitrogens is 4. The summed E-state index contributed by atoms with van der Waals surface area (Å²) in [4.78, 5) is 28.5. The van der Waals surface area contributed by atoms with Crippen molar-refractivity contribution < 1.29 is 4.79 Å². The largest absolute Gasteiger partial charge is 0.366 e. The number of carbonyl (C=O) groups excluding carboxylic acids is 1. The van der Waals surface area contributed by atoms with E-state index in [1.807, 2.05) is 26.0 Å². The zero-order valence-corrected chi connectivity index (χ0v) is 14.0. The average molecular weight is 331 g/mol. The maximum atomic E-state index is 11.8. The lowest BCUT2D eigenvalue weighted by atomic mass is 10.0. The molecule has 2 N–H and O–H groups in total. The number of aryl methyl sites for hydroxylation is 2. The van der Waals surface area contributed by atoms with Crippen molar-refractivity contribution in [3.63, 3.8) is 0 Å². The van der Waals surface area contributed by atoms with Gasteiger partial charge >= 0.3 is 0 Å². The molecule has 3 rings (SSSR count). The minimum Gasteiger partial charge on any atom is -0.366 e. The van der Waals surface area contributed by atoms with E-state index >= 15 is 0 Å². The van der Waals surface area contributed by atoms with Crippen LogP contribution >= 0.6 is 0 Å². The first-order valence-corrected chi connectivity index (χ1v) is 7.70. The third kappa shape index (κ3) is 3.92. The van der Waals surface area contributed by atoms with Crippen LogP contribution in [0.3, 0.4) is 0 Å². The van der Waals surface area contributed by atoms with E-state index in [0.29, 0.717) is 11.3 Å². The van der Waals surface area contributed by atoms with Crippen molar-refractivity contribution in [1.82, 2.24) is 19.9 Å². The second kappa shape index (κ2) is 7.00. The SMILES string of the molecule is Cc1cc(C)cc(-c2cncc(/C=C(\C(N)=O)c3cncnc3)n2)c1. The Morgan fingerprint density at radius 1 is 0.960 bits per heavy atom. The van der Waals surface area contributed by atoms with Crippen LogP contribution in [0.2, 0.25) is 0 Å². The third-order valence-corrected chi connectivity index (χ3v) is 3.60. The van der Waals surface area contributed by atoms with Gasteiger partial charge < -0.3 is 5.73 Å². The lowest BCUT2D eigenvalue weighted by Gasteiger charge is -2.06. The zero-order chi connectivity index (χ0) is 17.8. The highest BCUT2D eigenvalue weighted by Crippen LogP contribution is 2.21. The van der Waals surface area contributed by atoms with Gasteiger partial charge in [0.1, 0.15) is 6.33 Å². The number of benzene rings is 1. The smallest absolute Gasteiger partial charge is 0.249 e. The van der Waals surface area contributed by atoms with Gasteiger partial charge in [-0.1, -0.05) is 17.2 Å². The lowest BCUT2D eigenvalue weighted by Crippen LogP contribution is -2.13. The summed E-state index contributed by atoms with van der Waals surface area (Å²) in [5.74, 6) is -0.576. The molecule has 1 amide bonds. The van der Waals surface area contributed by atoms with Crippen LogP contribution in [0.1, 0.15) is 22.4 Å². The third-order valence-electron chi connectivity index (χ3n) is 3.60. The lowest BCUT2D eigenvalue weighted by molar-refractivity contribution is -0.112. The first kappa shape index (κ1) is 16.4. The van der Waals surface area contributed by atoms with Crippen LogP contribution in [-0.2, 0) is 4.79 Å². The molecule has 1 aromatic carbocycles. The number of hydrogen-bond acceptors (Lipinski definition) is 5. The Kier molecular flexibility index (Phi) is 4.61. The van der Waals surface area contributed by atoms with Crippen molar-refractivity contribution >= 4 is 17.6 Å². The van der Waals surface area contributed by atoms with E-state index in [0.717, 1.165) is 22.4 Å². The minimum absolute atomic E-state index is 0.285. The predicted octanol–water partition coefficient (Wildman–Crippen LogP) is 2.58. The first-order chi connectivity index (χ1) is 12.0. The molecule has 6 heteroatoms. The Bertz CT molecular complexity index is 931. The van der Waals surface area contributed by atoms with Crippen LogP contribution in [0.5, 0.6) is 0 Å². The molecule has 0 aliphatic rings. The molecule has 0 radical (unpaired) electrons. The number of nitrogens with zero attached hydrogens (tertiary/aromatic N) is 4. The monoisotopic (exact) mass is 331 g/mol. The van der Waals surface area contributed by atoms with Crippen LogP contribution in [-0.4, -0.2) is 25.8 Å². The topological polar surface area (TPSA) is 94.7 Å². The summed E-state index contributed by atoms with van der Waals surface area (Å²) in [7, 11) is 0. The maximum absolute atomic E-state index is 11.8. The van der Waals surface area contributed by atoms with Gasteiger partial charge in [-0.3, -0.25) is 9.78 Å². The normalized spacial score (nSPS) is 11.4. The molecule has 2 heterocycles. The summed E-state index contributed by atoms with van der Waals surface area (Å²) in [6.07, 6.45) is 9.33. The van der Waals surface area contributed by atoms with Crippen molar-refractivity contribution in [3.8, 4) is 11.3 Å². The van der Waals surface area contributed by atoms with E-state index in [-0.39, 0.29) is 5.57 Å². The van der Waals surface area contributed by atoms with Crippen molar-refractivity contribution in [1.29, 1.82) is 0 Å². The molecular formula is C19H17N5O. The second-order valence-corrected chi connectivity index (χ2v) is 5.75. The standard InChI is InChI=1S/C19H17N5O/c1-12-3-13(2)5-14(4-12)18-10-21-9-16(24-18)6-17(19(20)25)15-7-22-11-23-8-15/h3-11H,1-2H3,(H2,20,25)/b17-6-. The number of rotatable bonds is 4. The quantitative estimate of drug-likeness (QED) is 0.741. The van der Waals surface area contributed by atoms with Gasteiger partial charge in [0, 0.05) is 23.5 Å². The molecule has 0 aliphatic carbocycles. The van der Waals surface area contributed by atoms with Gasteiger partial charge in [-0.25, -0.2) is 15.0 Å². The Balaban J connectivity index is 2.05. The Hall–Kier alpha value is -3.41. The number of primary amides is 1. The van der Waals surface area contributed by atoms with Crippen molar-refractivity contribution in [3.05, 3.63) is 71.7 Å². The fourth-order valence-corrected chi connectivity index (χ4v) is 2.60. The summed E-state index contributed by atoms with van der Waals surface area (Å²) in [6, 6.07) is 6.19.